The Kier molecular flexibility index (Phi) is 5.39. The Morgan fingerprint density at radius 2 is 2.12 bits per heavy atom. The Morgan fingerprint density at radius 3 is 2.88 bits per heavy atom. The number of ether oxygens (including phenoxy) is 1. The second-order valence-corrected chi connectivity index (χ2v) is 6.42. The van der Waals surface area contributed by atoms with E-state index in [2.05, 4.69) is 25.7 Å². The predicted octanol–water partition coefficient (Wildman–Crippen LogP) is 1.98. The third kappa shape index (κ3) is 4.30. The molecule has 3 aromatic rings. The topological polar surface area (TPSA) is 94.8 Å². The molecule has 0 aliphatic rings. The average Bonchev–Trinajstić information content (AvgIpc) is 3.22. The molecule has 0 saturated heterocycles. The Balaban J connectivity index is 1.52. The van der Waals surface area contributed by atoms with E-state index in [1.807, 2.05) is 41.9 Å². The molecule has 0 bridgehead atoms. The number of para-hydroxylation sites is 1. The highest BCUT2D eigenvalue weighted by Crippen LogP contribution is 2.18. The Labute approximate surface area is 146 Å². The number of rotatable bonds is 7. The van der Waals surface area contributed by atoms with E-state index in [1.54, 1.807) is 5.51 Å². The largest absolute Gasteiger partial charge is 0.486 e. The van der Waals surface area contributed by atoms with E-state index in [9.17, 15) is 4.79 Å². The molecule has 0 radical (unpaired) electrons. The van der Waals surface area contributed by atoms with Gasteiger partial charge in [-0.15, -0.1) is 20.4 Å². The SMILES string of the molecule is Cn1c(COc2ccccc2)nnc1SCC(=O)Nc1nncs1. The zero-order valence-corrected chi connectivity index (χ0v) is 14.4. The molecule has 0 aliphatic heterocycles. The van der Waals surface area contributed by atoms with Crippen molar-refractivity contribution in [1.82, 2.24) is 25.0 Å². The zero-order valence-electron chi connectivity index (χ0n) is 12.7. The quantitative estimate of drug-likeness (QED) is 0.642. The fraction of sp³-hybridized carbons (Fsp3) is 0.214. The molecule has 10 heteroatoms. The molecule has 1 aromatic carbocycles. The highest BCUT2D eigenvalue weighted by molar-refractivity contribution is 7.99. The van der Waals surface area contributed by atoms with Crippen LogP contribution in [0.2, 0.25) is 0 Å². The summed E-state index contributed by atoms with van der Waals surface area (Å²) in [5.41, 5.74) is 1.56. The van der Waals surface area contributed by atoms with E-state index >= 15 is 0 Å². The van der Waals surface area contributed by atoms with Gasteiger partial charge in [-0.05, 0) is 12.1 Å². The van der Waals surface area contributed by atoms with Crippen molar-refractivity contribution < 1.29 is 9.53 Å². The van der Waals surface area contributed by atoms with Crippen LogP contribution < -0.4 is 10.1 Å². The molecular formula is C14H14N6O2S2. The highest BCUT2D eigenvalue weighted by atomic mass is 32.2. The third-order valence-corrected chi connectivity index (χ3v) is 4.60. The van der Waals surface area contributed by atoms with Crippen molar-refractivity contribution in [2.45, 2.75) is 11.8 Å². The van der Waals surface area contributed by atoms with Crippen LogP contribution >= 0.6 is 23.1 Å². The lowest BCUT2D eigenvalue weighted by atomic mass is 10.3. The number of amides is 1. The van der Waals surface area contributed by atoms with E-state index in [-0.39, 0.29) is 11.7 Å². The van der Waals surface area contributed by atoms with Gasteiger partial charge in [0, 0.05) is 7.05 Å². The minimum absolute atomic E-state index is 0.165. The molecule has 0 fully saturated rings. The van der Waals surface area contributed by atoms with Crippen molar-refractivity contribution in [1.29, 1.82) is 0 Å². The lowest BCUT2D eigenvalue weighted by molar-refractivity contribution is -0.113. The number of carbonyl (C=O) groups excluding carboxylic acids is 1. The summed E-state index contributed by atoms with van der Waals surface area (Å²) in [6.07, 6.45) is 0. The highest BCUT2D eigenvalue weighted by Gasteiger charge is 2.12. The van der Waals surface area contributed by atoms with Crippen LogP contribution in [0.15, 0.2) is 41.0 Å². The molecule has 1 N–H and O–H groups in total. The lowest BCUT2D eigenvalue weighted by Gasteiger charge is -2.06. The van der Waals surface area contributed by atoms with E-state index in [0.717, 1.165) is 5.75 Å². The van der Waals surface area contributed by atoms with Crippen molar-refractivity contribution >= 4 is 34.1 Å². The van der Waals surface area contributed by atoms with Crippen LogP contribution in [-0.2, 0) is 18.4 Å². The van der Waals surface area contributed by atoms with Crippen LogP contribution in [0.25, 0.3) is 0 Å². The number of nitrogens with zero attached hydrogens (tertiary/aromatic N) is 5. The lowest BCUT2D eigenvalue weighted by Crippen LogP contribution is -2.14. The smallest absolute Gasteiger partial charge is 0.236 e. The number of nitrogens with one attached hydrogen (secondary N) is 1. The first-order chi connectivity index (χ1) is 11.7. The van der Waals surface area contributed by atoms with Crippen molar-refractivity contribution in [3.63, 3.8) is 0 Å². The second-order valence-electron chi connectivity index (χ2n) is 4.64. The summed E-state index contributed by atoms with van der Waals surface area (Å²) in [7, 11) is 1.84. The van der Waals surface area contributed by atoms with Crippen LogP contribution in [0.1, 0.15) is 5.82 Å². The number of carbonyl (C=O) groups is 1. The van der Waals surface area contributed by atoms with E-state index in [0.29, 0.717) is 22.7 Å². The van der Waals surface area contributed by atoms with Crippen LogP contribution in [0.5, 0.6) is 5.75 Å². The number of thioether (sulfide) groups is 1. The fourth-order valence-corrected chi connectivity index (χ4v) is 2.97. The maximum atomic E-state index is 11.8. The van der Waals surface area contributed by atoms with Gasteiger partial charge in [0.15, 0.2) is 11.0 Å². The summed E-state index contributed by atoms with van der Waals surface area (Å²) in [6.45, 7) is 0.311. The number of aromatic nitrogens is 5. The first kappa shape index (κ1) is 16.4. The van der Waals surface area contributed by atoms with Gasteiger partial charge in [0.1, 0.15) is 17.9 Å². The molecule has 3 rings (SSSR count). The molecule has 0 aliphatic carbocycles. The van der Waals surface area contributed by atoms with Gasteiger partial charge in [-0.25, -0.2) is 0 Å². The van der Waals surface area contributed by atoms with Crippen molar-refractivity contribution in [2.24, 2.45) is 7.05 Å². The number of benzene rings is 1. The zero-order chi connectivity index (χ0) is 16.8. The molecule has 0 atom stereocenters. The van der Waals surface area contributed by atoms with Gasteiger partial charge in [-0.2, -0.15) is 0 Å². The van der Waals surface area contributed by atoms with E-state index in [4.69, 9.17) is 4.74 Å². The van der Waals surface area contributed by atoms with Gasteiger partial charge < -0.3 is 9.30 Å². The fourth-order valence-electron chi connectivity index (χ4n) is 1.77. The summed E-state index contributed by atoms with van der Waals surface area (Å²) in [5, 5.41) is 19.4. The maximum Gasteiger partial charge on any atom is 0.236 e. The Morgan fingerprint density at radius 1 is 1.29 bits per heavy atom. The molecule has 8 nitrogen and oxygen atoms in total. The molecular weight excluding hydrogens is 348 g/mol. The summed E-state index contributed by atoms with van der Waals surface area (Å²) < 4.78 is 7.47. The Bertz CT molecular complexity index is 791. The van der Waals surface area contributed by atoms with Crippen LogP contribution in [-0.4, -0.2) is 36.6 Å². The summed E-state index contributed by atoms with van der Waals surface area (Å²) in [5.74, 6) is 1.50. The first-order valence-corrected chi connectivity index (χ1v) is 8.84. The van der Waals surface area contributed by atoms with Crippen LogP contribution in [0, 0.1) is 0 Å². The number of anilines is 1. The van der Waals surface area contributed by atoms with Crippen LogP contribution in [0.3, 0.4) is 0 Å². The average molecular weight is 362 g/mol. The molecule has 1 amide bonds. The molecule has 0 saturated carbocycles. The molecule has 24 heavy (non-hydrogen) atoms. The Hall–Kier alpha value is -2.46. The van der Waals surface area contributed by atoms with E-state index in [1.165, 1.54) is 23.1 Å². The summed E-state index contributed by atoms with van der Waals surface area (Å²) >= 11 is 2.57. The first-order valence-electron chi connectivity index (χ1n) is 6.97. The molecule has 2 heterocycles. The van der Waals surface area contributed by atoms with Crippen molar-refractivity contribution in [3.05, 3.63) is 41.7 Å². The van der Waals surface area contributed by atoms with Crippen LogP contribution in [0.4, 0.5) is 5.13 Å². The standard InChI is InChI=1S/C14H14N6O2S2/c1-20-11(7-22-10-5-3-2-4-6-10)17-19-14(20)23-8-12(21)16-13-18-15-9-24-13/h2-6,9H,7-8H2,1H3,(H,16,18,21). The monoisotopic (exact) mass is 362 g/mol. The minimum atomic E-state index is -0.165. The third-order valence-electron chi connectivity index (χ3n) is 2.97. The molecule has 2 aromatic heterocycles. The maximum absolute atomic E-state index is 11.8. The summed E-state index contributed by atoms with van der Waals surface area (Å²) in [6, 6.07) is 9.50. The second kappa shape index (κ2) is 7.88. The summed E-state index contributed by atoms with van der Waals surface area (Å²) in [4.78, 5) is 11.8. The molecule has 0 spiro atoms. The normalized spacial score (nSPS) is 10.5. The van der Waals surface area contributed by atoms with Gasteiger partial charge in [-0.1, -0.05) is 41.3 Å². The van der Waals surface area contributed by atoms with E-state index < -0.39 is 0 Å². The van der Waals surface area contributed by atoms with Gasteiger partial charge >= 0.3 is 0 Å². The van der Waals surface area contributed by atoms with Gasteiger partial charge in [0.2, 0.25) is 11.0 Å². The predicted molar refractivity (Wildman–Crippen MR) is 91.0 cm³/mol. The van der Waals surface area contributed by atoms with Crippen molar-refractivity contribution in [2.75, 3.05) is 11.1 Å². The molecule has 124 valence electrons. The minimum Gasteiger partial charge on any atom is -0.486 e. The van der Waals surface area contributed by atoms with Crippen molar-refractivity contribution in [3.8, 4) is 5.75 Å². The molecule has 0 unspecified atom stereocenters. The number of hydrogen-bond acceptors (Lipinski definition) is 8. The van der Waals surface area contributed by atoms with Gasteiger partial charge in [0.05, 0.1) is 5.75 Å². The van der Waals surface area contributed by atoms with Gasteiger partial charge in [-0.3, -0.25) is 10.1 Å². The van der Waals surface area contributed by atoms with Gasteiger partial charge in [0.25, 0.3) is 0 Å². The number of hydrogen-bond donors (Lipinski definition) is 1.